The Morgan fingerprint density at radius 3 is 2.46 bits per heavy atom. The van der Waals surface area contributed by atoms with Crippen molar-refractivity contribution >= 4 is 27.5 Å². The van der Waals surface area contributed by atoms with Crippen LogP contribution >= 0.6 is 15.9 Å². The normalized spacial score (nSPS) is 16.6. The topological polar surface area (TPSA) is 37.6 Å². The SMILES string of the molecule is CC(=O)N1N=C(c2ccc(-n3cccc3)cc2)CC1c1cccc(Br)c1. The van der Waals surface area contributed by atoms with Gasteiger partial charge in [-0.15, -0.1) is 0 Å². The summed E-state index contributed by atoms with van der Waals surface area (Å²) in [6.07, 6.45) is 4.74. The number of carbonyl (C=O) groups is 1. The molecule has 130 valence electrons. The predicted molar refractivity (Wildman–Crippen MR) is 106 cm³/mol. The predicted octanol–water partition coefficient (Wildman–Crippen LogP) is 4.94. The first kappa shape index (κ1) is 16.8. The number of rotatable bonds is 3. The highest BCUT2D eigenvalue weighted by molar-refractivity contribution is 9.10. The molecule has 5 heteroatoms. The molecular formula is C21H18BrN3O. The van der Waals surface area contributed by atoms with Gasteiger partial charge in [-0.25, -0.2) is 5.01 Å². The van der Waals surface area contributed by atoms with Crippen LogP contribution in [0.15, 0.2) is 82.6 Å². The third kappa shape index (κ3) is 3.22. The van der Waals surface area contributed by atoms with Crippen molar-refractivity contribution in [1.29, 1.82) is 0 Å². The number of amides is 1. The number of hydrogen-bond acceptors (Lipinski definition) is 2. The maximum absolute atomic E-state index is 12.1. The maximum atomic E-state index is 12.1. The standard InChI is InChI=1S/C21H18BrN3O/c1-15(26)25-21(17-5-4-6-18(22)13-17)14-20(23-25)16-7-9-19(10-8-16)24-11-2-3-12-24/h2-13,21H,14H2,1H3. The second-order valence-electron chi connectivity index (χ2n) is 6.32. The van der Waals surface area contributed by atoms with Crippen molar-refractivity contribution < 1.29 is 4.79 Å². The van der Waals surface area contributed by atoms with E-state index in [1.54, 1.807) is 11.9 Å². The highest BCUT2D eigenvalue weighted by Gasteiger charge is 2.31. The van der Waals surface area contributed by atoms with Crippen molar-refractivity contribution in [1.82, 2.24) is 9.58 Å². The molecule has 0 spiro atoms. The van der Waals surface area contributed by atoms with E-state index in [2.05, 4.69) is 49.9 Å². The van der Waals surface area contributed by atoms with Crippen LogP contribution in [0.2, 0.25) is 0 Å². The lowest BCUT2D eigenvalue weighted by molar-refractivity contribution is -0.130. The first-order valence-corrected chi connectivity index (χ1v) is 9.27. The van der Waals surface area contributed by atoms with Crippen molar-refractivity contribution in [2.75, 3.05) is 0 Å². The fourth-order valence-corrected chi connectivity index (χ4v) is 3.70. The molecule has 0 saturated carbocycles. The van der Waals surface area contributed by atoms with Crippen molar-refractivity contribution in [3.8, 4) is 5.69 Å². The summed E-state index contributed by atoms with van der Waals surface area (Å²) in [5.41, 5.74) is 4.16. The van der Waals surface area contributed by atoms with Gasteiger partial charge in [-0.1, -0.05) is 40.2 Å². The van der Waals surface area contributed by atoms with E-state index >= 15 is 0 Å². The molecule has 0 N–H and O–H groups in total. The molecule has 0 radical (unpaired) electrons. The van der Waals surface area contributed by atoms with E-state index in [0.29, 0.717) is 6.42 Å². The van der Waals surface area contributed by atoms with Crippen LogP contribution in [0.5, 0.6) is 0 Å². The van der Waals surface area contributed by atoms with Crippen LogP contribution in [0.3, 0.4) is 0 Å². The average Bonchev–Trinajstić information content (AvgIpc) is 3.32. The molecule has 1 unspecified atom stereocenters. The number of halogens is 1. The molecule has 4 rings (SSSR count). The summed E-state index contributed by atoms with van der Waals surface area (Å²) in [5.74, 6) is -0.0473. The molecule has 3 aromatic rings. The summed E-state index contributed by atoms with van der Waals surface area (Å²) in [7, 11) is 0. The van der Waals surface area contributed by atoms with Gasteiger partial charge in [0.25, 0.3) is 0 Å². The molecule has 1 amide bonds. The molecule has 2 heterocycles. The smallest absolute Gasteiger partial charge is 0.240 e. The highest BCUT2D eigenvalue weighted by atomic mass is 79.9. The lowest BCUT2D eigenvalue weighted by atomic mass is 9.98. The zero-order valence-electron chi connectivity index (χ0n) is 14.3. The van der Waals surface area contributed by atoms with Crippen LogP contribution in [0.1, 0.15) is 30.5 Å². The van der Waals surface area contributed by atoms with Gasteiger partial charge in [0, 0.05) is 35.9 Å². The highest BCUT2D eigenvalue weighted by Crippen LogP contribution is 2.33. The van der Waals surface area contributed by atoms with Gasteiger partial charge in [0.1, 0.15) is 0 Å². The van der Waals surface area contributed by atoms with E-state index in [1.165, 1.54) is 0 Å². The number of nitrogens with zero attached hydrogens (tertiary/aromatic N) is 3. The number of benzene rings is 2. The molecule has 1 aliphatic rings. The third-order valence-electron chi connectivity index (χ3n) is 4.57. The van der Waals surface area contributed by atoms with Gasteiger partial charge < -0.3 is 4.57 Å². The van der Waals surface area contributed by atoms with E-state index < -0.39 is 0 Å². The Kier molecular flexibility index (Phi) is 4.47. The largest absolute Gasteiger partial charge is 0.324 e. The zero-order chi connectivity index (χ0) is 18.1. The number of aromatic nitrogens is 1. The Labute approximate surface area is 160 Å². The molecule has 0 bridgehead atoms. The number of carbonyl (C=O) groups excluding carboxylic acids is 1. The van der Waals surface area contributed by atoms with Crippen LogP contribution < -0.4 is 0 Å². The molecule has 1 atom stereocenters. The monoisotopic (exact) mass is 407 g/mol. The average molecular weight is 408 g/mol. The van der Waals surface area contributed by atoms with E-state index in [0.717, 1.165) is 27.0 Å². The Morgan fingerprint density at radius 1 is 1.08 bits per heavy atom. The summed E-state index contributed by atoms with van der Waals surface area (Å²) in [5, 5.41) is 6.21. The summed E-state index contributed by atoms with van der Waals surface area (Å²) >= 11 is 3.51. The maximum Gasteiger partial charge on any atom is 0.240 e. The molecular weight excluding hydrogens is 390 g/mol. The van der Waals surface area contributed by atoms with Gasteiger partial charge in [-0.2, -0.15) is 5.10 Å². The minimum Gasteiger partial charge on any atom is -0.324 e. The quantitative estimate of drug-likeness (QED) is 0.605. The molecule has 26 heavy (non-hydrogen) atoms. The molecule has 0 aliphatic carbocycles. The van der Waals surface area contributed by atoms with Crippen molar-refractivity contribution in [3.63, 3.8) is 0 Å². The van der Waals surface area contributed by atoms with Crippen molar-refractivity contribution in [3.05, 3.63) is 88.7 Å². The number of hydrazone groups is 1. The van der Waals surface area contributed by atoms with E-state index in [1.807, 2.05) is 48.8 Å². The molecule has 1 aliphatic heterocycles. The van der Waals surface area contributed by atoms with E-state index in [4.69, 9.17) is 0 Å². The van der Waals surface area contributed by atoms with E-state index in [9.17, 15) is 4.79 Å². The van der Waals surface area contributed by atoms with Crippen LogP contribution in [-0.2, 0) is 4.79 Å². The molecule has 1 aromatic heterocycles. The first-order valence-electron chi connectivity index (χ1n) is 8.48. The minimum absolute atomic E-state index is 0.0473. The van der Waals surface area contributed by atoms with Crippen molar-refractivity contribution in [2.24, 2.45) is 5.10 Å². The van der Waals surface area contributed by atoms with Crippen molar-refractivity contribution in [2.45, 2.75) is 19.4 Å². The van der Waals surface area contributed by atoms with Gasteiger partial charge in [0.05, 0.1) is 11.8 Å². The second kappa shape index (κ2) is 6.92. The number of hydrogen-bond donors (Lipinski definition) is 0. The Balaban J connectivity index is 1.63. The summed E-state index contributed by atoms with van der Waals surface area (Å²) in [6.45, 7) is 1.56. The van der Waals surface area contributed by atoms with Gasteiger partial charge in [0.15, 0.2) is 0 Å². The first-order chi connectivity index (χ1) is 12.6. The summed E-state index contributed by atoms with van der Waals surface area (Å²) in [4.78, 5) is 12.1. The Hall–Kier alpha value is -2.66. The fourth-order valence-electron chi connectivity index (χ4n) is 3.28. The summed E-state index contributed by atoms with van der Waals surface area (Å²) < 4.78 is 3.06. The van der Waals surface area contributed by atoms with E-state index in [-0.39, 0.29) is 11.9 Å². The second-order valence-corrected chi connectivity index (χ2v) is 7.24. The minimum atomic E-state index is -0.0656. The van der Waals surface area contributed by atoms with Crippen LogP contribution in [0.25, 0.3) is 5.69 Å². The Morgan fingerprint density at radius 2 is 1.81 bits per heavy atom. The van der Waals surface area contributed by atoms with Crippen LogP contribution in [0.4, 0.5) is 0 Å². The lowest BCUT2D eigenvalue weighted by Gasteiger charge is -2.20. The lowest BCUT2D eigenvalue weighted by Crippen LogP contribution is -2.24. The van der Waals surface area contributed by atoms with Crippen LogP contribution in [0, 0.1) is 0 Å². The van der Waals surface area contributed by atoms with Gasteiger partial charge >= 0.3 is 0 Å². The van der Waals surface area contributed by atoms with Gasteiger partial charge in [0.2, 0.25) is 5.91 Å². The molecule has 0 fully saturated rings. The third-order valence-corrected chi connectivity index (χ3v) is 5.06. The van der Waals surface area contributed by atoms with Crippen LogP contribution in [-0.4, -0.2) is 21.2 Å². The zero-order valence-corrected chi connectivity index (χ0v) is 15.9. The van der Waals surface area contributed by atoms with Gasteiger partial charge in [-0.05, 0) is 47.5 Å². The molecule has 2 aromatic carbocycles. The fraction of sp³-hybridized carbons (Fsp3) is 0.143. The molecule has 4 nitrogen and oxygen atoms in total. The summed E-state index contributed by atoms with van der Waals surface area (Å²) in [6, 6.07) is 20.3. The van der Waals surface area contributed by atoms with Gasteiger partial charge in [-0.3, -0.25) is 4.79 Å². The Bertz CT molecular complexity index is 961. The molecule has 0 saturated heterocycles.